The maximum absolute atomic E-state index is 12.4. The van der Waals surface area contributed by atoms with Crippen molar-refractivity contribution in [3.63, 3.8) is 0 Å². The molecule has 11 heteroatoms. The summed E-state index contributed by atoms with van der Waals surface area (Å²) in [6.07, 6.45) is -2.50. The Kier molecular flexibility index (Phi) is 6.58. The van der Waals surface area contributed by atoms with E-state index in [-0.39, 0.29) is 6.61 Å². The van der Waals surface area contributed by atoms with Crippen molar-refractivity contribution in [2.24, 2.45) is 0 Å². The van der Waals surface area contributed by atoms with Crippen molar-refractivity contribution in [1.29, 1.82) is 0 Å². The molecule has 0 spiro atoms. The first-order valence-electron chi connectivity index (χ1n) is 9.67. The molecule has 0 saturated carbocycles. The first kappa shape index (κ1) is 22.9. The van der Waals surface area contributed by atoms with Crippen LogP contribution in [0.4, 0.5) is 0 Å². The molecular formula is C21H22N2O9. The highest BCUT2D eigenvalue weighted by Gasteiger charge is 2.60. The number of nitrogens with zero attached hydrogens (tertiary/aromatic N) is 1. The van der Waals surface area contributed by atoms with Crippen molar-refractivity contribution in [1.82, 2.24) is 9.55 Å². The smallest absolute Gasteiger partial charge is 0.338 e. The quantitative estimate of drug-likeness (QED) is 0.497. The standard InChI is InChI=1S/C21H22N2O9/c1-12(24)30-17-18(23-10-9-16(26)22-20(23)28)31-15(21(17,3)32-13(2)25)11-29-19(27)14-7-5-4-6-8-14/h4-10,15,17-18H,11H2,1-3H3,(H,22,26,28)/t15-,17?,18-,21?/m1/s1. The van der Waals surface area contributed by atoms with Gasteiger partial charge in [0, 0.05) is 26.1 Å². The molecule has 2 heterocycles. The van der Waals surface area contributed by atoms with Gasteiger partial charge in [0.05, 0.1) is 5.56 Å². The summed E-state index contributed by atoms with van der Waals surface area (Å²) in [5.74, 6) is -2.07. The van der Waals surface area contributed by atoms with Gasteiger partial charge < -0.3 is 18.9 Å². The summed E-state index contributed by atoms with van der Waals surface area (Å²) >= 11 is 0. The van der Waals surface area contributed by atoms with E-state index >= 15 is 0 Å². The van der Waals surface area contributed by atoms with E-state index in [1.807, 2.05) is 0 Å². The molecule has 1 aromatic heterocycles. The van der Waals surface area contributed by atoms with Crippen LogP contribution in [0.25, 0.3) is 0 Å². The lowest BCUT2D eigenvalue weighted by molar-refractivity contribution is -0.182. The number of nitrogens with one attached hydrogen (secondary N) is 1. The number of hydrogen-bond acceptors (Lipinski definition) is 9. The minimum absolute atomic E-state index is 0.296. The highest BCUT2D eigenvalue weighted by atomic mass is 16.7. The average Bonchev–Trinajstić information content (AvgIpc) is 2.97. The van der Waals surface area contributed by atoms with Crippen LogP contribution < -0.4 is 11.2 Å². The third-order valence-corrected chi connectivity index (χ3v) is 4.92. The van der Waals surface area contributed by atoms with Crippen LogP contribution in [0.15, 0.2) is 52.2 Å². The topological polar surface area (TPSA) is 143 Å². The second kappa shape index (κ2) is 9.18. The second-order valence-electron chi connectivity index (χ2n) is 7.30. The predicted octanol–water partition coefficient (Wildman–Crippen LogP) is 0.545. The lowest BCUT2D eigenvalue weighted by Crippen LogP contribution is -2.52. The van der Waals surface area contributed by atoms with Crippen molar-refractivity contribution in [3.05, 3.63) is 69.0 Å². The second-order valence-corrected chi connectivity index (χ2v) is 7.30. The van der Waals surface area contributed by atoms with Crippen molar-refractivity contribution in [2.45, 2.75) is 44.8 Å². The number of hydrogen-bond donors (Lipinski definition) is 1. The fraction of sp³-hybridized carbons (Fsp3) is 0.381. The lowest BCUT2D eigenvalue weighted by atomic mass is 9.94. The molecule has 11 nitrogen and oxygen atoms in total. The van der Waals surface area contributed by atoms with E-state index in [0.29, 0.717) is 5.56 Å². The molecule has 1 fully saturated rings. The van der Waals surface area contributed by atoms with Gasteiger partial charge in [-0.2, -0.15) is 0 Å². The zero-order valence-corrected chi connectivity index (χ0v) is 17.6. The van der Waals surface area contributed by atoms with Crippen LogP contribution >= 0.6 is 0 Å². The molecule has 0 radical (unpaired) electrons. The van der Waals surface area contributed by atoms with Crippen LogP contribution in [-0.2, 0) is 28.5 Å². The summed E-state index contributed by atoms with van der Waals surface area (Å²) in [5.41, 5.74) is -2.78. The summed E-state index contributed by atoms with van der Waals surface area (Å²) in [6, 6.07) is 9.29. The van der Waals surface area contributed by atoms with Gasteiger partial charge in [-0.3, -0.25) is 23.9 Å². The molecule has 1 aliphatic heterocycles. The molecule has 170 valence electrons. The SMILES string of the molecule is CC(=O)OC1[C@H](n2ccc(=O)[nH]c2=O)O[C@H](COC(=O)c2ccccc2)C1(C)OC(C)=O. The Morgan fingerprint density at radius 2 is 1.78 bits per heavy atom. The van der Waals surface area contributed by atoms with Crippen molar-refractivity contribution < 1.29 is 33.3 Å². The zero-order valence-electron chi connectivity index (χ0n) is 17.6. The lowest BCUT2D eigenvalue weighted by Gasteiger charge is -2.33. The molecular weight excluding hydrogens is 424 g/mol. The monoisotopic (exact) mass is 446 g/mol. The third kappa shape index (κ3) is 4.78. The number of benzene rings is 1. The number of ether oxygens (including phenoxy) is 4. The largest absolute Gasteiger partial charge is 0.459 e. The van der Waals surface area contributed by atoms with E-state index in [9.17, 15) is 24.0 Å². The summed E-state index contributed by atoms with van der Waals surface area (Å²) in [4.78, 5) is 61.9. The molecule has 32 heavy (non-hydrogen) atoms. The Hall–Kier alpha value is -3.73. The van der Waals surface area contributed by atoms with E-state index in [2.05, 4.69) is 4.98 Å². The van der Waals surface area contributed by atoms with Gasteiger partial charge >= 0.3 is 23.6 Å². The Bertz CT molecular complexity index is 1120. The molecule has 4 atom stereocenters. The zero-order chi connectivity index (χ0) is 23.5. The molecule has 0 amide bonds. The number of carbonyl (C=O) groups excluding carboxylic acids is 3. The van der Waals surface area contributed by atoms with Gasteiger partial charge in [-0.25, -0.2) is 9.59 Å². The number of carbonyl (C=O) groups is 3. The van der Waals surface area contributed by atoms with Crippen LogP contribution in [0, 0.1) is 0 Å². The van der Waals surface area contributed by atoms with Crippen LogP contribution in [0.2, 0.25) is 0 Å². The highest BCUT2D eigenvalue weighted by Crippen LogP contribution is 2.41. The number of aromatic amines is 1. The summed E-state index contributed by atoms with van der Waals surface area (Å²) in [7, 11) is 0. The summed E-state index contributed by atoms with van der Waals surface area (Å²) in [6.45, 7) is 3.37. The molecule has 0 bridgehead atoms. The van der Waals surface area contributed by atoms with Gasteiger partial charge in [-0.15, -0.1) is 0 Å². The fourth-order valence-corrected chi connectivity index (χ4v) is 3.48. The number of rotatable bonds is 6. The normalized spacial score (nSPS) is 24.5. The number of H-pyrrole nitrogens is 1. The van der Waals surface area contributed by atoms with Crippen LogP contribution in [0.5, 0.6) is 0 Å². The Morgan fingerprint density at radius 1 is 1.09 bits per heavy atom. The van der Waals surface area contributed by atoms with Gasteiger partial charge in [0.25, 0.3) is 5.56 Å². The van der Waals surface area contributed by atoms with E-state index in [4.69, 9.17) is 18.9 Å². The average molecular weight is 446 g/mol. The molecule has 1 aromatic carbocycles. The molecule has 1 saturated heterocycles. The first-order valence-corrected chi connectivity index (χ1v) is 9.67. The van der Waals surface area contributed by atoms with Gasteiger partial charge in [0.2, 0.25) is 0 Å². The number of aromatic nitrogens is 2. The predicted molar refractivity (Wildman–Crippen MR) is 108 cm³/mol. The Morgan fingerprint density at radius 3 is 2.38 bits per heavy atom. The molecule has 0 aliphatic carbocycles. The molecule has 3 rings (SSSR count). The van der Waals surface area contributed by atoms with Crippen LogP contribution in [-0.4, -0.2) is 51.9 Å². The van der Waals surface area contributed by atoms with Crippen molar-refractivity contribution in [2.75, 3.05) is 6.61 Å². The third-order valence-electron chi connectivity index (χ3n) is 4.92. The number of esters is 3. The van der Waals surface area contributed by atoms with E-state index in [1.54, 1.807) is 30.3 Å². The van der Waals surface area contributed by atoms with Gasteiger partial charge in [-0.1, -0.05) is 18.2 Å². The van der Waals surface area contributed by atoms with Gasteiger partial charge in [0.1, 0.15) is 12.7 Å². The van der Waals surface area contributed by atoms with E-state index in [0.717, 1.165) is 30.7 Å². The molecule has 1 N–H and O–H groups in total. The van der Waals surface area contributed by atoms with Gasteiger partial charge in [-0.05, 0) is 19.1 Å². The van der Waals surface area contributed by atoms with E-state index < -0.39 is 53.2 Å². The molecule has 2 aromatic rings. The molecule has 1 aliphatic rings. The van der Waals surface area contributed by atoms with Gasteiger partial charge in [0.15, 0.2) is 17.9 Å². The Labute approximate surface area is 181 Å². The maximum Gasteiger partial charge on any atom is 0.338 e. The minimum Gasteiger partial charge on any atom is -0.459 e. The summed E-state index contributed by atoms with van der Waals surface area (Å²) < 4.78 is 23.1. The van der Waals surface area contributed by atoms with Crippen LogP contribution in [0.1, 0.15) is 37.4 Å². The van der Waals surface area contributed by atoms with Crippen LogP contribution in [0.3, 0.4) is 0 Å². The molecule has 2 unspecified atom stereocenters. The Balaban J connectivity index is 1.96. The maximum atomic E-state index is 12.4. The van der Waals surface area contributed by atoms with Crippen molar-refractivity contribution >= 4 is 17.9 Å². The van der Waals surface area contributed by atoms with Crippen molar-refractivity contribution in [3.8, 4) is 0 Å². The van der Waals surface area contributed by atoms with E-state index in [1.165, 1.54) is 6.92 Å². The highest BCUT2D eigenvalue weighted by molar-refractivity contribution is 5.89. The summed E-state index contributed by atoms with van der Waals surface area (Å²) in [5, 5.41) is 0. The minimum atomic E-state index is -1.62. The fourth-order valence-electron chi connectivity index (χ4n) is 3.48. The first-order chi connectivity index (χ1) is 15.1.